The molecule has 0 aromatic heterocycles. The molecule has 0 bridgehead atoms. The van der Waals surface area contributed by atoms with Gasteiger partial charge in [-0.15, -0.1) is 0 Å². The molecule has 0 radical (unpaired) electrons. The highest BCUT2D eigenvalue weighted by molar-refractivity contribution is 4.69. The summed E-state index contributed by atoms with van der Waals surface area (Å²) in [7, 11) is 0. The van der Waals surface area contributed by atoms with E-state index in [-0.39, 0.29) is 5.54 Å². The first kappa shape index (κ1) is 16.0. The lowest BCUT2D eigenvalue weighted by atomic mass is 9.89. The van der Waals surface area contributed by atoms with Crippen LogP contribution in [0.4, 0.5) is 0 Å². The number of hydrogen-bond donors (Lipinski definition) is 1. The fourth-order valence-corrected chi connectivity index (χ4v) is 1.77. The summed E-state index contributed by atoms with van der Waals surface area (Å²) in [6.07, 6.45) is 8.29. The first-order chi connectivity index (χ1) is 7.21. The molecule has 16 heavy (non-hydrogen) atoms. The van der Waals surface area contributed by atoms with Gasteiger partial charge in [0, 0.05) is 5.54 Å². The second-order valence-corrected chi connectivity index (χ2v) is 7.26. The Bertz CT molecular complexity index is 139. The van der Waals surface area contributed by atoms with Gasteiger partial charge in [-0.05, 0) is 45.6 Å². The topological polar surface area (TPSA) is 12.0 Å². The molecule has 0 heterocycles. The van der Waals surface area contributed by atoms with Crippen LogP contribution in [-0.2, 0) is 0 Å². The Balaban J connectivity index is 3.17. The zero-order valence-corrected chi connectivity index (χ0v) is 12.4. The molecule has 1 nitrogen and oxygen atoms in total. The minimum Gasteiger partial charge on any atom is -0.312 e. The summed E-state index contributed by atoms with van der Waals surface area (Å²) in [5.74, 6) is 0. The van der Waals surface area contributed by atoms with Crippen LogP contribution in [0.3, 0.4) is 0 Å². The van der Waals surface area contributed by atoms with Crippen molar-refractivity contribution in [2.24, 2.45) is 5.41 Å². The summed E-state index contributed by atoms with van der Waals surface area (Å²) >= 11 is 0. The molecule has 0 saturated carbocycles. The maximum atomic E-state index is 3.54. The number of nitrogens with one attached hydrogen (secondary N) is 1. The molecule has 0 atom stereocenters. The predicted molar refractivity (Wildman–Crippen MR) is 74.9 cm³/mol. The van der Waals surface area contributed by atoms with Gasteiger partial charge >= 0.3 is 0 Å². The molecule has 0 fully saturated rings. The molecule has 0 aliphatic carbocycles. The van der Waals surface area contributed by atoms with Crippen molar-refractivity contribution < 1.29 is 0 Å². The van der Waals surface area contributed by atoms with Gasteiger partial charge in [-0.2, -0.15) is 0 Å². The van der Waals surface area contributed by atoms with E-state index in [4.69, 9.17) is 0 Å². The lowest BCUT2D eigenvalue weighted by Crippen LogP contribution is -2.36. The van der Waals surface area contributed by atoms with Gasteiger partial charge in [0.1, 0.15) is 0 Å². The van der Waals surface area contributed by atoms with Crippen LogP contribution in [0.1, 0.15) is 80.1 Å². The van der Waals surface area contributed by atoms with Gasteiger partial charge in [0.05, 0.1) is 0 Å². The number of rotatable bonds is 7. The van der Waals surface area contributed by atoms with Crippen LogP contribution in [0.25, 0.3) is 0 Å². The molecular weight excluding hydrogens is 194 g/mol. The quantitative estimate of drug-likeness (QED) is 0.618. The van der Waals surface area contributed by atoms with Gasteiger partial charge in [-0.25, -0.2) is 0 Å². The SMILES string of the molecule is CC(C)(C)CCCCCCCNC(C)(C)C. The minimum absolute atomic E-state index is 0.284. The molecule has 0 spiro atoms. The molecule has 98 valence electrons. The second-order valence-electron chi connectivity index (χ2n) is 7.26. The molecule has 0 aromatic rings. The normalized spacial score (nSPS) is 13.1. The van der Waals surface area contributed by atoms with Crippen molar-refractivity contribution in [2.45, 2.75) is 85.6 Å². The molecule has 1 N–H and O–H groups in total. The van der Waals surface area contributed by atoms with E-state index in [0.717, 1.165) is 0 Å². The highest BCUT2D eigenvalue weighted by Gasteiger charge is 2.09. The molecule has 0 amide bonds. The Kier molecular flexibility index (Phi) is 7.30. The number of unbranched alkanes of at least 4 members (excludes halogenated alkanes) is 4. The van der Waals surface area contributed by atoms with Crippen LogP contribution in [0, 0.1) is 5.41 Å². The zero-order valence-electron chi connectivity index (χ0n) is 12.4. The highest BCUT2D eigenvalue weighted by atomic mass is 14.9. The summed E-state index contributed by atoms with van der Waals surface area (Å²) in [6, 6.07) is 0. The first-order valence-corrected chi connectivity index (χ1v) is 6.96. The van der Waals surface area contributed by atoms with Crippen molar-refractivity contribution in [3.05, 3.63) is 0 Å². The van der Waals surface area contributed by atoms with E-state index in [1.54, 1.807) is 0 Å². The van der Waals surface area contributed by atoms with E-state index in [0.29, 0.717) is 5.41 Å². The first-order valence-electron chi connectivity index (χ1n) is 6.96. The standard InChI is InChI=1S/C15H33N/c1-14(2,3)12-10-8-7-9-11-13-16-15(4,5)6/h16H,7-13H2,1-6H3. The smallest absolute Gasteiger partial charge is 0.00965 e. The Morgan fingerprint density at radius 3 is 1.69 bits per heavy atom. The Morgan fingerprint density at radius 2 is 1.19 bits per heavy atom. The highest BCUT2D eigenvalue weighted by Crippen LogP contribution is 2.22. The van der Waals surface area contributed by atoms with E-state index in [1.807, 2.05) is 0 Å². The van der Waals surface area contributed by atoms with Crippen molar-refractivity contribution in [1.82, 2.24) is 5.32 Å². The molecule has 1 heteroatoms. The van der Waals surface area contributed by atoms with E-state index in [2.05, 4.69) is 46.9 Å². The average molecular weight is 227 g/mol. The molecule has 0 saturated heterocycles. The Labute approximate surface area is 103 Å². The summed E-state index contributed by atoms with van der Waals surface area (Å²) in [6.45, 7) is 14.9. The van der Waals surface area contributed by atoms with Crippen molar-refractivity contribution in [2.75, 3.05) is 6.54 Å². The fourth-order valence-electron chi connectivity index (χ4n) is 1.77. The van der Waals surface area contributed by atoms with Gasteiger partial charge < -0.3 is 5.32 Å². The van der Waals surface area contributed by atoms with Gasteiger partial charge in [0.25, 0.3) is 0 Å². The lowest BCUT2D eigenvalue weighted by molar-refractivity contribution is 0.355. The summed E-state index contributed by atoms with van der Waals surface area (Å²) in [5, 5.41) is 3.54. The van der Waals surface area contributed by atoms with Crippen LogP contribution < -0.4 is 5.32 Å². The summed E-state index contributed by atoms with van der Waals surface area (Å²) < 4.78 is 0. The third-order valence-electron chi connectivity index (χ3n) is 2.76. The summed E-state index contributed by atoms with van der Waals surface area (Å²) in [4.78, 5) is 0. The largest absolute Gasteiger partial charge is 0.312 e. The monoisotopic (exact) mass is 227 g/mol. The minimum atomic E-state index is 0.284. The summed E-state index contributed by atoms with van der Waals surface area (Å²) in [5.41, 5.74) is 0.806. The van der Waals surface area contributed by atoms with E-state index >= 15 is 0 Å². The molecule has 0 aliphatic rings. The van der Waals surface area contributed by atoms with Gasteiger partial charge in [0.15, 0.2) is 0 Å². The molecule has 0 rings (SSSR count). The molecule has 0 aromatic carbocycles. The van der Waals surface area contributed by atoms with Gasteiger partial charge in [-0.3, -0.25) is 0 Å². The van der Waals surface area contributed by atoms with Gasteiger partial charge in [-0.1, -0.05) is 46.5 Å². The van der Waals surface area contributed by atoms with Crippen LogP contribution >= 0.6 is 0 Å². The fraction of sp³-hybridized carbons (Fsp3) is 1.00. The third kappa shape index (κ3) is 14.0. The molecular formula is C15H33N. The van der Waals surface area contributed by atoms with E-state index < -0.39 is 0 Å². The Hall–Kier alpha value is -0.0400. The molecule has 0 unspecified atom stereocenters. The van der Waals surface area contributed by atoms with Crippen LogP contribution in [0.2, 0.25) is 0 Å². The van der Waals surface area contributed by atoms with Crippen molar-refractivity contribution in [3.63, 3.8) is 0 Å². The van der Waals surface area contributed by atoms with Crippen molar-refractivity contribution in [1.29, 1.82) is 0 Å². The maximum Gasteiger partial charge on any atom is 0.00965 e. The van der Waals surface area contributed by atoms with Crippen molar-refractivity contribution in [3.8, 4) is 0 Å². The maximum absolute atomic E-state index is 3.54. The lowest BCUT2D eigenvalue weighted by Gasteiger charge is -2.20. The average Bonchev–Trinajstić information content (AvgIpc) is 2.06. The van der Waals surface area contributed by atoms with Gasteiger partial charge in [0.2, 0.25) is 0 Å². The zero-order chi connectivity index (χ0) is 12.7. The van der Waals surface area contributed by atoms with Crippen LogP contribution in [0.5, 0.6) is 0 Å². The van der Waals surface area contributed by atoms with E-state index in [9.17, 15) is 0 Å². The second kappa shape index (κ2) is 7.32. The van der Waals surface area contributed by atoms with Crippen LogP contribution in [0.15, 0.2) is 0 Å². The molecule has 0 aliphatic heterocycles. The van der Waals surface area contributed by atoms with Crippen LogP contribution in [-0.4, -0.2) is 12.1 Å². The van der Waals surface area contributed by atoms with Crippen molar-refractivity contribution >= 4 is 0 Å². The predicted octanol–water partition coefficient (Wildman–Crippen LogP) is 4.76. The Morgan fingerprint density at radius 1 is 0.688 bits per heavy atom. The van der Waals surface area contributed by atoms with E-state index in [1.165, 1.54) is 45.1 Å². The third-order valence-corrected chi connectivity index (χ3v) is 2.76. The number of hydrogen-bond acceptors (Lipinski definition) is 1.